The molecule has 1 amide bonds. The van der Waals surface area contributed by atoms with Crippen molar-refractivity contribution in [3.05, 3.63) is 63.7 Å². The summed E-state index contributed by atoms with van der Waals surface area (Å²) in [7, 11) is 0. The summed E-state index contributed by atoms with van der Waals surface area (Å²) in [6.07, 6.45) is 0.0672. The summed E-state index contributed by atoms with van der Waals surface area (Å²) in [6, 6.07) is 11.5. The molecule has 2 fully saturated rings. The van der Waals surface area contributed by atoms with Gasteiger partial charge >= 0.3 is 6.18 Å². The standard InChI is InChI=1S/C27H33F3N4O3/c1-18-2-9-23(10-3-18)33-14-12-20(13-15-33)26(35)31-17-19-4-6-21(7-5-19)32-22-8-11-25(34(36)37)24(16-22)27(28,29)30/h2-3,8-11,16,19-21,32H,4-7,12-15,17H2,1H3,(H,31,35). The van der Waals surface area contributed by atoms with Crippen LogP contribution in [0, 0.1) is 28.9 Å². The van der Waals surface area contributed by atoms with Gasteiger partial charge in [0.25, 0.3) is 5.69 Å². The molecule has 1 aliphatic carbocycles. The highest BCUT2D eigenvalue weighted by molar-refractivity contribution is 5.79. The zero-order valence-electron chi connectivity index (χ0n) is 20.9. The van der Waals surface area contributed by atoms with Crippen LogP contribution in [0.25, 0.3) is 0 Å². The zero-order chi connectivity index (χ0) is 26.6. The Labute approximate surface area is 214 Å². The van der Waals surface area contributed by atoms with Crippen LogP contribution in [0.15, 0.2) is 42.5 Å². The number of halogens is 3. The lowest BCUT2D eigenvalue weighted by atomic mass is 9.85. The van der Waals surface area contributed by atoms with Crippen molar-refractivity contribution in [2.24, 2.45) is 11.8 Å². The number of piperidine rings is 1. The molecule has 4 rings (SSSR count). The van der Waals surface area contributed by atoms with Crippen molar-refractivity contribution in [1.82, 2.24) is 5.32 Å². The molecule has 2 aromatic carbocycles. The molecular weight excluding hydrogens is 485 g/mol. The molecule has 7 nitrogen and oxygen atoms in total. The van der Waals surface area contributed by atoms with Crippen LogP contribution in [0.3, 0.4) is 0 Å². The third kappa shape index (κ3) is 6.93. The maximum atomic E-state index is 13.2. The maximum Gasteiger partial charge on any atom is 0.423 e. The molecule has 0 unspecified atom stereocenters. The van der Waals surface area contributed by atoms with E-state index in [2.05, 4.69) is 46.7 Å². The van der Waals surface area contributed by atoms with Gasteiger partial charge in [0.1, 0.15) is 5.56 Å². The molecular formula is C27H33F3N4O3. The number of anilines is 2. The lowest BCUT2D eigenvalue weighted by Gasteiger charge is -2.34. The maximum absolute atomic E-state index is 13.2. The van der Waals surface area contributed by atoms with Gasteiger partial charge in [-0.3, -0.25) is 14.9 Å². The summed E-state index contributed by atoms with van der Waals surface area (Å²) < 4.78 is 39.7. The summed E-state index contributed by atoms with van der Waals surface area (Å²) in [4.78, 5) is 25.0. The third-order valence-electron chi connectivity index (χ3n) is 7.55. The third-order valence-corrected chi connectivity index (χ3v) is 7.55. The molecule has 0 bridgehead atoms. The van der Waals surface area contributed by atoms with E-state index in [1.165, 1.54) is 17.3 Å². The normalized spacial score (nSPS) is 20.9. The lowest BCUT2D eigenvalue weighted by molar-refractivity contribution is -0.388. The fraction of sp³-hybridized carbons (Fsp3) is 0.519. The lowest BCUT2D eigenvalue weighted by Crippen LogP contribution is -2.42. The SMILES string of the molecule is Cc1ccc(N2CCC(C(=O)NCC3CCC(Nc4ccc([N+](=O)[O-])c(C(F)(F)F)c4)CC3)CC2)cc1. The number of carbonyl (C=O) groups excluding carboxylic acids is 1. The molecule has 0 aromatic heterocycles. The molecule has 37 heavy (non-hydrogen) atoms. The Morgan fingerprint density at radius 3 is 2.27 bits per heavy atom. The van der Waals surface area contributed by atoms with Gasteiger partial charge in [0, 0.05) is 49.0 Å². The second-order valence-electron chi connectivity index (χ2n) is 10.2. The molecule has 1 heterocycles. The first-order valence-corrected chi connectivity index (χ1v) is 12.8. The van der Waals surface area contributed by atoms with Gasteiger partial charge in [-0.05, 0) is 75.6 Å². The van der Waals surface area contributed by atoms with Crippen LogP contribution in [0.4, 0.5) is 30.2 Å². The van der Waals surface area contributed by atoms with Crippen LogP contribution < -0.4 is 15.5 Å². The van der Waals surface area contributed by atoms with Crippen molar-refractivity contribution in [2.45, 2.75) is 57.7 Å². The Kier molecular flexibility index (Phi) is 8.24. The molecule has 0 spiro atoms. The van der Waals surface area contributed by atoms with E-state index >= 15 is 0 Å². The average Bonchev–Trinajstić information content (AvgIpc) is 2.88. The minimum atomic E-state index is -4.80. The van der Waals surface area contributed by atoms with E-state index in [4.69, 9.17) is 0 Å². The number of hydrogen-bond donors (Lipinski definition) is 2. The Hall–Kier alpha value is -3.30. The number of nitro benzene ring substituents is 1. The van der Waals surface area contributed by atoms with Gasteiger partial charge in [-0.1, -0.05) is 17.7 Å². The monoisotopic (exact) mass is 518 g/mol. The van der Waals surface area contributed by atoms with E-state index < -0.39 is 22.4 Å². The van der Waals surface area contributed by atoms with E-state index in [0.29, 0.717) is 12.5 Å². The number of nitrogens with zero attached hydrogens (tertiary/aromatic N) is 2. The number of hydrogen-bond acceptors (Lipinski definition) is 5. The molecule has 1 saturated carbocycles. The van der Waals surface area contributed by atoms with E-state index in [0.717, 1.165) is 63.7 Å². The Morgan fingerprint density at radius 2 is 1.68 bits per heavy atom. The minimum absolute atomic E-state index is 0.0133. The quantitative estimate of drug-likeness (QED) is 0.351. The molecule has 2 aliphatic rings. The Bertz CT molecular complexity index is 1090. The van der Waals surface area contributed by atoms with Crippen molar-refractivity contribution in [1.29, 1.82) is 0 Å². The van der Waals surface area contributed by atoms with Gasteiger partial charge < -0.3 is 15.5 Å². The van der Waals surface area contributed by atoms with Gasteiger partial charge in [-0.15, -0.1) is 0 Å². The topological polar surface area (TPSA) is 87.5 Å². The highest BCUT2D eigenvalue weighted by Crippen LogP contribution is 2.38. The van der Waals surface area contributed by atoms with Gasteiger partial charge in [-0.25, -0.2) is 0 Å². The number of carbonyl (C=O) groups is 1. The average molecular weight is 519 g/mol. The van der Waals surface area contributed by atoms with Crippen molar-refractivity contribution >= 4 is 23.0 Å². The molecule has 0 radical (unpaired) electrons. The first-order chi connectivity index (χ1) is 17.6. The van der Waals surface area contributed by atoms with Crippen LogP contribution in [0.2, 0.25) is 0 Å². The number of amides is 1. The highest BCUT2D eigenvalue weighted by atomic mass is 19.4. The van der Waals surface area contributed by atoms with E-state index in [1.807, 2.05) is 0 Å². The summed E-state index contributed by atoms with van der Waals surface area (Å²) in [5.41, 5.74) is 0.455. The Balaban J connectivity index is 1.20. The van der Waals surface area contributed by atoms with Crippen molar-refractivity contribution in [3.63, 3.8) is 0 Å². The van der Waals surface area contributed by atoms with Crippen molar-refractivity contribution < 1.29 is 22.9 Å². The van der Waals surface area contributed by atoms with E-state index in [-0.39, 0.29) is 23.6 Å². The largest absolute Gasteiger partial charge is 0.423 e. The zero-order valence-corrected chi connectivity index (χ0v) is 20.9. The van der Waals surface area contributed by atoms with Crippen LogP contribution in [0.1, 0.15) is 49.7 Å². The number of nitro groups is 1. The number of benzene rings is 2. The van der Waals surface area contributed by atoms with Gasteiger partial charge in [0.05, 0.1) is 4.92 Å². The summed E-state index contributed by atoms with van der Waals surface area (Å²) >= 11 is 0. The van der Waals surface area contributed by atoms with Crippen molar-refractivity contribution in [3.8, 4) is 0 Å². The van der Waals surface area contributed by atoms with Crippen LogP contribution in [0.5, 0.6) is 0 Å². The first-order valence-electron chi connectivity index (χ1n) is 12.8. The molecule has 1 aliphatic heterocycles. The number of nitrogens with one attached hydrogen (secondary N) is 2. The van der Waals surface area contributed by atoms with Crippen molar-refractivity contribution in [2.75, 3.05) is 29.9 Å². The van der Waals surface area contributed by atoms with Gasteiger partial charge in [0.2, 0.25) is 5.91 Å². The summed E-state index contributed by atoms with van der Waals surface area (Å²) in [5.74, 6) is 0.455. The summed E-state index contributed by atoms with van der Waals surface area (Å²) in [5, 5.41) is 17.2. The van der Waals surface area contributed by atoms with Crippen LogP contribution >= 0.6 is 0 Å². The second kappa shape index (κ2) is 11.4. The summed E-state index contributed by atoms with van der Waals surface area (Å²) in [6.45, 7) is 4.39. The Morgan fingerprint density at radius 1 is 1.03 bits per heavy atom. The van der Waals surface area contributed by atoms with Gasteiger partial charge in [0.15, 0.2) is 0 Å². The molecule has 2 N–H and O–H groups in total. The minimum Gasteiger partial charge on any atom is -0.382 e. The molecule has 1 saturated heterocycles. The van der Waals surface area contributed by atoms with Gasteiger partial charge in [-0.2, -0.15) is 13.2 Å². The number of alkyl halides is 3. The highest BCUT2D eigenvalue weighted by Gasteiger charge is 2.38. The first kappa shape index (κ1) is 26.8. The second-order valence-corrected chi connectivity index (χ2v) is 10.2. The van der Waals surface area contributed by atoms with E-state index in [9.17, 15) is 28.1 Å². The smallest absolute Gasteiger partial charge is 0.382 e. The molecule has 0 atom stereocenters. The molecule has 200 valence electrons. The fourth-order valence-electron chi connectivity index (χ4n) is 5.30. The van der Waals surface area contributed by atoms with Crippen LogP contribution in [-0.4, -0.2) is 36.5 Å². The predicted octanol–water partition coefficient (Wildman–Crippen LogP) is 5.93. The van der Waals surface area contributed by atoms with Crippen LogP contribution in [-0.2, 0) is 11.0 Å². The fourth-order valence-corrected chi connectivity index (χ4v) is 5.30. The molecule has 10 heteroatoms. The number of aryl methyl sites for hydroxylation is 1. The molecule has 2 aromatic rings. The predicted molar refractivity (Wildman–Crippen MR) is 137 cm³/mol. The van der Waals surface area contributed by atoms with E-state index in [1.54, 1.807) is 0 Å². The number of rotatable bonds is 7.